The lowest BCUT2D eigenvalue weighted by molar-refractivity contribution is -0.345. The van der Waals surface area contributed by atoms with Crippen LogP contribution in [0.2, 0.25) is 0 Å². The summed E-state index contributed by atoms with van der Waals surface area (Å²) in [7, 11) is 0. The highest BCUT2D eigenvalue weighted by atomic mass is 16.4. The molecule has 9 nitrogen and oxygen atoms in total. The first-order valence-electron chi connectivity index (χ1n) is 10.2. The normalized spacial score (nSPS) is 44.2. The number of amides is 1. The number of nitriles is 1. The van der Waals surface area contributed by atoms with Gasteiger partial charge in [-0.2, -0.15) is 5.26 Å². The van der Waals surface area contributed by atoms with Crippen LogP contribution in [0.15, 0.2) is 0 Å². The fourth-order valence-corrected chi connectivity index (χ4v) is 6.96. The van der Waals surface area contributed by atoms with Crippen molar-refractivity contribution in [2.75, 3.05) is 0 Å². The first kappa shape index (κ1) is 20.1. The maximum absolute atomic E-state index is 13.1. The Labute approximate surface area is 168 Å². The van der Waals surface area contributed by atoms with Crippen LogP contribution in [0.4, 0.5) is 0 Å². The molecule has 6 rings (SSSR count). The molecule has 1 heterocycles. The van der Waals surface area contributed by atoms with Crippen molar-refractivity contribution in [3.8, 4) is 6.07 Å². The second kappa shape index (κ2) is 6.67. The van der Waals surface area contributed by atoms with Crippen molar-refractivity contribution >= 4 is 17.8 Å². The van der Waals surface area contributed by atoms with Crippen molar-refractivity contribution in [1.29, 1.82) is 5.26 Å². The van der Waals surface area contributed by atoms with Gasteiger partial charge in [-0.15, -0.1) is 0 Å². The fourth-order valence-electron chi connectivity index (χ4n) is 6.96. The van der Waals surface area contributed by atoms with Gasteiger partial charge in [0.15, 0.2) is 0 Å². The average Bonchev–Trinajstić information content (AvgIpc) is 3.29. The van der Waals surface area contributed by atoms with Crippen LogP contribution in [0.3, 0.4) is 0 Å². The van der Waals surface area contributed by atoms with Gasteiger partial charge in [0.25, 0.3) is 0 Å². The Morgan fingerprint density at radius 2 is 1.66 bits per heavy atom. The monoisotopic (exact) mass is 403 g/mol. The minimum atomic E-state index is -2.19. The number of rotatable bonds is 2. The van der Waals surface area contributed by atoms with E-state index in [4.69, 9.17) is 25.5 Å². The molecular formula is C20H25N3O6-2. The summed E-state index contributed by atoms with van der Waals surface area (Å²) in [4.78, 5) is 32.8. The maximum Gasteiger partial charge on any atom is 0.241 e. The number of hydrogen-bond donors (Lipinski definition) is 2. The van der Waals surface area contributed by atoms with Gasteiger partial charge in [0.05, 0.1) is 29.7 Å². The molecule has 1 aliphatic heterocycles. The highest BCUT2D eigenvalue weighted by molar-refractivity contribution is 6.25. The number of carboxylic acid groups (broad SMARTS) is 2. The number of fused-ring (bicyclic) bond motifs is 1. The van der Waals surface area contributed by atoms with Crippen LogP contribution in [0.1, 0.15) is 51.4 Å². The molecule has 2 unspecified atom stereocenters. The zero-order chi connectivity index (χ0) is 21.1. The second-order valence-electron chi connectivity index (χ2n) is 9.79. The zero-order valence-corrected chi connectivity index (χ0v) is 16.1. The molecule has 29 heavy (non-hydrogen) atoms. The summed E-state index contributed by atoms with van der Waals surface area (Å²) < 4.78 is 0. The summed E-state index contributed by atoms with van der Waals surface area (Å²) in [5.74, 6) is -2.81. The van der Waals surface area contributed by atoms with Gasteiger partial charge in [0.1, 0.15) is 6.04 Å². The lowest BCUT2D eigenvalue weighted by atomic mass is 9.46. The summed E-state index contributed by atoms with van der Waals surface area (Å²) in [6.07, 6.45) is 7.48. The number of likely N-dealkylation sites (tertiary alicyclic amines) is 1. The van der Waals surface area contributed by atoms with Crippen molar-refractivity contribution in [1.82, 2.24) is 4.90 Å². The summed E-state index contributed by atoms with van der Waals surface area (Å²) in [5, 5.41) is 38.1. The molecule has 4 bridgehead atoms. The van der Waals surface area contributed by atoms with Crippen molar-refractivity contribution in [3.63, 3.8) is 0 Å². The molecule has 0 radical (unpaired) electrons. The molecule has 6 aliphatic rings. The third kappa shape index (κ3) is 3.38. The standard InChI is InChI=1S/C18H25N3O2.C2H2O4/c19-8-13-2-12-3-14(12)21(13)16(22)15(20)17-4-10-1-11(5-17)7-18(23,6-10)9-17;3-1(4)2(5)6/h10-15,23H,1-7,9,20H2;(H,3,4)(H,5,6)/p-2/t10?,11?,12-,13+,14+,15-,17?,18?;/m1./s1. The number of carboxylic acids is 2. The van der Waals surface area contributed by atoms with Gasteiger partial charge in [-0.05, 0) is 74.5 Å². The van der Waals surface area contributed by atoms with Crippen LogP contribution in [0.25, 0.3) is 0 Å². The van der Waals surface area contributed by atoms with E-state index in [2.05, 4.69) is 6.07 Å². The Morgan fingerprint density at radius 3 is 2.14 bits per heavy atom. The number of hydrogen-bond acceptors (Lipinski definition) is 8. The average molecular weight is 403 g/mol. The molecule has 1 saturated heterocycles. The first-order chi connectivity index (χ1) is 13.6. The molecule has 6 atom stereocenters. The Kier molecular flexibility index (Phi) is 4.63. The number of aliphatic carboxylic acids is 2. The number of carbonyl (C=O) groups is 3. The molecule has 0 spiro atoms. The van der Waals surface area contributed by atoms with Crippen LogP contribution in [-0.4, -0.2) is 51.6 Å². The molecule has 0 aromatic rings. The molecule has 5 saturated carbocycles. The first-order valence-corrected chi connectivity index (χ1v) is 10.2. The number of nitrogens with zero attached hydrogens (tertiary/aromatic N) is 2. The SMILES string of the molecule is N#C[C@@H]1C[C@@H]2C[C@@H]2N1C(=O)[C@@H](N)C12CC3CC(CC(O)(C3)C1)C2.O=C([O-])C(=O)[O-]. The van der Waals surface area contributed by atoms with Gasteiger partial charge in [-0.3, -0.25) is 4.79 Å². The van der Waals surface area contributed by atoms with Crippen molar-refractivity contribution in [3.05, 3.63) is 0 Å². The van der Waals surface area contributed by atoms with Crippen molar-refractivity contribution in [2.24, 2.45) is 28.9 Å². The predicted molar refractivity (Wildman–Crippen MR) is 92.8 cm³/mol. The number of aliphatic hydroxyl groups is 1. The molecule has 9 heteroatoms. The van der Waals surface area contributed by atoms with Crippen LogP contribution in [0.5, 0.6) is 0 Å². The van der Waals surface area contributed by atoms with Crippen LogP contribution in [-0.2, 0) is 14.4 Å². The van der Waals surface area contributed by atoms with E-state index in [0.717, 1.165) is 38.5 Å². The van der Waals surface area contributed by atoms with E-state index >= 15 is 0 Å². The third-order valence-corrected chi connectivity index (χ3v) is 7.68. The molecule has 158 valence electrons. The molecule has 6 fully saturated rings. The number of carbonyl (C=O) groups excluding carboxylic acids is 3. The van der Waals surface area contributed by atoms with Gasteiger partial charge in [-0.25, -0.2) is 0 Å². The van der Waals surface area contributed by atoms with Crippen molar-refractivity contribution in [2.45, 2.75) is 75.1 Å². The van der Waals surface area contributed by atoms with E-state index in [0.29, 0.717) is 24.2 Å². The highest BCUT2D eigenvalue weighted by Crippen LogP contribution is 2.63. The smallest absolute Gasteiger partial charge is 0.241 e. The van der Waals surface area contributed by atoms with Gasteiger partial charge < -0.3 is 35.5 Å². The molecule has 1 amide bonds. The van der Waals surface area contributed by atoms with E-state index in [9.17, 15) is 15.2 Å². The second-order valence-corrected chi connectivity index (χ2v) is 9.79. The molecule has 0 aromatic heterocycles. The molecule has 5 aliphatic carbocycles. The lowest BCUT2D eigenvalue weighted by Gasteiger charge is -2.61. The molecule has 3 N–H and O–H groups in total. The minimum Gasteiger partial charge on any atom is -0.543 e. The van der Waals surface area contributed by atoms with E-state index in [1.54, 1.807) is 4.90 Å². The largest absolute Gasteiger partial charge is 0.543 e. The van der Waals surface area contributed by atoms with Gasteiger partial charge >= 0.3 is 0 Å². The molecular weight excluding hydrogens is 378 g/mol. The maximum atomic E-state index is 13.1. The Morgan fingerprint density at radius 1 is 1.07 bits per heavy atom. The summed E-state index contributed by atoms with van der Waals surface area (Å²) in [6, 6.07) is 1.72. The van der Waals surface area contributed by atoms with Crippen LogP contribution in [0, 0.1) is 34.5 Å². The third-order valence-electron chi connectivity index (χ3n) is 7.68. The van der Waals surface area contributed by atoms with Gasteiger partial charge in [0.2, 0.25) is 5.91 Å². The van der Waals surface area contributed by atoms with E-state index < -0.39 is 23.6 Å². The highest BCUT2D eigenvalue weighted by Gasteiger charge is 2.62. The fraction of sp³-hybridized carbons (Fsp3) is 0.800. The van der Waals surface area contributed by atoms with Gasteiger partial charge in [-0.1, -0.05) is 0 Å². The van der Waals surface area contributed by atoms with Crippen molar-refractivity contribution < 1.29 is 29.7 Å². The summed E-state index contributed by atoms with van der Waals surface area (Å²) in [6.45, 7) is 0. The summed E-state index contributed by atoms with van der Waals surface area (Å²) in [5.41, 5.74) is 5.71. The van der Waals surface area contributed by atoms with Gasteiger partial charge in [0, 0.05) is 6.04 Å². The van der Waals surface area contributed by atoms with Crippen LogP contribution < -0.4 is 15.9 Å². The number of nitrogens with two attached hydrogens (primary N) is 1. The zero-order valence-electron chi connectivity index (χ0n) is 16.1. The predicted octanol–water partition coefficient (Wildman–Crippen LogP) is -2.36. The molecule has 0 aromatic carbocycles. The van der Waals surface area contributed by atoms with E-state index in [1.807, 2.05) is 0 Å². The van der Waals surface area contributed by atoms with E-state index in [-0.39, 0.29) is 23.4 Å². The van der Waals surface area contributed by atoms with Crippen LogP contribution >= 0.6 is 0 Å². The lowest BCUT2D eigenvalue weighted by Crippen LogP contribution is -2.64. The Bertz CT molecular complexity index is 766. The quantitative estimate of drug-likeness (QED) is 0.482. The van der Waals surface area contributed by atoms with E-state index in [1.165, 1.54) is 6.42 Å². The Balaban J connectivity index is 0.000000302. The topological polar surface area (TPSA) is 171 Å². The minimum absolute atomic E-state index is 0.0212. The summed E-state index contributed by atoms with van der Waals surface area (Å²) >= 11 is 0. The Hall–Kier alpha value is -2.18. The number of piperidine rings is 1.